The van der Waals surface area contributed by atoms with Crippen molar-refractivity contribution in [2.45, 2.75) is 6.92 Å². The van der Waals surface area contributed by atoms with Gasteiger partial charge in [-0.15, -0.1) is 0 Å². The summed E-state index contributed by atoms with van der Waals surface area (Å²) in [4.78, 5) is 34.5. The molecule has 0 saturated heterocycles. The lowest BCUT2D eigenvalue weighted by Gasteiger charge is -2.07. The number of nitro benzene ring substituents is 1. The zero-order valence-corrected chi connectivity index (χ0v) is 16.7. The Kier molecular flexibility index (Phi) is 5.66. The molecule has 0 fully saturated rings. The predicted octanol–water partition coefficient (Wildman–Crippen LogP) is 4.86. The number of carbonyl (C=O) groups excluding carboxylic acids is 2. The Balaban J connectivity index is 1.68. The van der Waals surface area contributed by atoms with Gasteiger partial charge in [0.15, 0.2) is 6.61 Å². The van der Waals surface area contributed by atoms with Crippen LogP contribution in [0.15, 0.2) is 45.3 Å². The number of non-ortho nitro benzene ring substituents is 1. The molecule has 3 rings (SSSR count). The zero-order chi connectivity index (χ0) is 20.4. The summed E-state index contributed by atoms with van der Waals surface area (Å²) in [6, 6.07) is 8.90. The van der Waals surface area contributed by atoms with Gasteiger partial charge in [0.25, 0.3) is 11.6 Å². The molecule has 144 valence electrons. The van der Waals surface area contributed by atoms with Crippen molar-refractivity contribution in [1.82, 2.24) is 0 Å². The molecule has 1 N–H and O–H groups in total. The minimum Gasteiger partial charge on any atom is -0.450 e. The number of nitro groups is 1. The monoisotopic (exact) mass is 466 g/mol. The summed E-state index contributed by atoms with van der Waals surface area (Å²) >= 11 is 9.27. The lowest BCUT2D eigenvalue weighted by molar-refractivity contribution is -0.384. The van der Waals surface area contributed by atoms with E-state index in [0.29, 0.717) is 11.1 Å². The third kappa shape index (κ3) is 4.15. The van der Waals surface area contributed by atoms with Gasteiger partial charge in [0.2, 0.25) is 5.76 Å². The standard InChI is InChI=1S/C18H12BrClN2O6/c1-9-12-6-10(19)2-5-15(12)28-17(9)18(24)27-8-16(23)21-14-7-11(22(25)26)3-4-13(14)20/h2-7H,8H2,1H3,(H,21,23). The minimum absolute atomic E-state index is 0.00530. The maximum Gasteiger partial charge on any atom is 0.375 e. The Labute approximate surface area is 171 Å². The quantitative estimate of drug-likeness (QED) is 0.326. The van der Waals surface area contributed by atoms with Crippen molar-refractivity contribution in [3.8, 4) is 0 Å². The van der Waals surface area contributed by atoms with E-state index in [4.69, 9.17) is 20.8 Å². The first-order chi connectivity index (χ1) is 13.3. The summed E-state index contributed by atoms with van der Waals surface area (Å²) in [6.07, 6.45) is 0. The van der Waals surface area contributed by atoms with Crippen LogP contribution in [-0.4, -0.2) is 23.4 Å². The molecule has 0 spiro atoms. The predicted molar refractivity (Wildman–Crippen MR) is 106 cm³/mol. The van der Waals surface area contributed by atoms with Crippen LogP contribution >= 0.6 is 27.5 Å². The highest BCUT2D eigenvalue weighted by molar-refractivity contribution is 9.10. The molecular weight excluding hydrogens is 456 g/mol. The Morgan fingerprint density at radius 1 is 1.29 bits per heavy atom. The Hall–Kier alpha value is -2.91. The van der Waals surface area contributed by atoms with Crippen LogP contribution in [0.5, 0.6) is 0 Å². The van der Waals surface area contributed by atoms with Crippen LogP contribution < -0.4 is 5.32 Å². The van der Waals surface area contributed by atoms with E-state index in [1.165, 1.54) is 12.1 Å². The van der Waals surface area contributed by atoms with E-state index in [9.17, 15) is 19.7 Å². The molecule has 10 heteroatoms. The van der Waals surface area contributed by atoms with Gasteiger partial charge in [-0.25, -0.2) is 4.79 Å². The number of carbonyl (C=O) groups is 2. The van der Waals surface area contributed by atoms with Crippen LogP contribution in [0.2, 0.25) is 5.02 Å². The summed E-state index contributed by atoms with van der Waals surface area (Å²) in [7, 11) is 0. The molecule has 0 aliphatic rings. The molecule has 2 aromatic carbocycles. The first-order valence-electron chi connectivity index (χ1n) is 7.86. The van der Waals surface area contributed by atoms with Crippen LogP contribution in [0.4, 0.5) is 11.4 Å². The number of hydrogen-bond donors (Lipinski definition) is 1. The van der Waals surface area contributed by atoms with Gasteiger partial charge in [-0.3, -0.25) is 14.9 Å². The van der Waals surface area contributed by atoms with E-state index in [1.54, 1.807) is 19.1 Å². The zero-order valence-electron chi connectivity index (χ0n) is 14.3. The number of nitrogens with one attached hydrogen (secondary N) is 1. The van der Waals surface area contributed by atoms with Crippen LogP contribution in [-0.2, 0) is 9.53 Å². The van der Waals surface area contributed by atoms with Crippen molar-refractivity contribution in [2.75, 3.05) is 11.9 Å². The number of furan rings is 1. The maximum atomic E-state index is 12.3. The van der Waals surface area contributed by atoms with E-state index >= 15 is 0 Å². The molecule has 1 heterocycles. The smallest absolute Gasteiger partial charge is 0.375 e. The average molecular weight is 468 g/mol. The minimum atomic E-state index is -0.801. The SMILES string of the molecule is Cc1c(C(=O)OCC(=O)Nc2cc([N+](=O)[O-])ccc2Cl)oc2ccc(Br)cc12. The Morgan fingerprint density at radius 2 is 2.04 bits per heavy atom. The highest BCUT2D eigenvalue weighted by Crippen LogP contribution is 2.29. The Bertz CT molecular complexity index is 1110. The van der Waals surface area contributed by atoms with Crippen LogP contribution in [0.1, 0.15) is 16.1 Å². The molecule has 0 bridgehead atoms. The normalized spacial score (nSPS) is 10.7. The fourth-order valence-electron chi connectivity index (χ4n) is 2.49. The number of amides is 1. The lowest BCUT2D eigenvalue weighted by atomic mass is 10.1. The number of anilines is 1. The van der Waals surface area contributed by atoms with E-state index in [0.717, 1.165) is 15.9 Å². The summed E-state index contributed by atoms with van der Waals surface area (Å²) in [5.74, 6) is -1.51. The lowest BCUT2D eigenvalue weighted by Crippen LogP contribution is -2.21. The molecule has 0 saturated carbocycles. The number of esters is 1. The number of halogens is 2. The maximum absolute atomic E-state index is 12.3. The van der Waals surface area contributed by atoms with E-state index in [-0.39, 0.29) is 22.2 Å². The van der Waals surface area contributed by atoms with E-state index in [1.807, 2.05) is 6.07 Å². The number of rotatable bonds is 5. The average Bonchev–Trinajstić information content (AvgIpc) is 2.97. The summed E-state index contributed by atoms with van der Waals surface area (Å²) in [5.41, 5.74) is 0.909. The molecule has 0 atom stereocenters. The largest absolute Gasteiger partial charge is 0.450 e. The molecule has 0 aliphatic heterocycles. The first-order valence-corrected chi connectivity index (χ1v) is 9.03. The molecule has 28 heavy (non-hydrogen) atoms. The molecule has 0 unspecified atom stereocenters. The number of ether oxygens (including phenoxy) is 1. The van der Waals surface area contributed by atoms with Crippen molar-refractivity contribution in [2.24, 2.45) is 0 Å². The van der Waals surface area contributed by atoms with Crippen molar-refractivity contribution in [3.05, 3.63) is 67.3 Å². The van der Waals surface area contributed by atoms with Gasteiger partial charge in [0, 0.05) is 27.6 Å². The third-order valence-corrected chi connectivity index (χ3v) is 4.68. The van der Waals surface area contributed by atoms with Crippen LogP contribution in [0.3, 0.4) is 0 Å². The number of benzene rings is 2. The fraction of sp³-hybridized carbons (Fsp3) is 0.111. The molecule has 1 aromatic heterocycles. The molecule has 8 nitrogen and oxygen atoms in total. The third-order valence-electron chi connectivity index (χ3n) is 3.85. The van der Waals surface area contributed by atoms with Gasteiger partial charge in [0.1, 0.15) is 5.58 Å². The Morgan fingerprint density at radius 3 is 2.75 bits per heavy atom. The second-order valence-electron chi connectivity index (χ2n) is 5.74. The van der Waals surface area contributed by atoms with Gasteiger partial charge < -0.3 is 14.5 Å². The van der Waals surface area contributed by atoms with E-state index < -0.39 is 23.4 Å². The van der Waals surface area contributed by atoms with Crippen molar-refractivity contribution in [3.63, 3.8) is 0 Å². The summed E-state index contributed by atoms with van der Waals surface area (Å²) in [5, 5.41) is 14.0. The number of aryl methyl sites for hydroxylation is 1. The molecule has 0 aliphatic carbocycles. The number of nitrogens with zero attached hydrogens (tertiary/aromatic N) is 1. The van der Waals surface area contributed by atoms with Gasteiger partial charge >= 0.3 is 5.97 Å². The van der Waals surface area contributed by atoms with Crippen molar-refractivity contribution < 1.29 is 23.7 Å². The van der Waals surface area contributed by atoms with Gasteiger partial charge in [-0.1, -0.05) is 27.5 Å². The van der Waals surface area contributed by atoms with Crippen LogP contribution in [0.25, 0.3) is 11.0 Å². The fourth-order valence-corrected chi connectivity index (χ4v) is 3.02. The summed E-state index contributed by atoms with van der Waals surface area (Å²) < 4.78 is 11.3. The second kappa shape index (κ2) is 7.99. The molecule has 3 aromatic rings. The van der Waals surface area contributed by atoms with E-state index in [2.05, 4.69) is 21.2 Å². The first kappa shape index (κ1) is 19.8. The van der Waals surface area contributed by atoms with Gasteiger partial charge in [0.05, 0.1) is 15.6 Å². The second-order valence-corrected chi connectivity index (χ2v) is 7.07. The van der Waals surface area contributed by atoms with Crippen molar-refractivity contribution >= 4 is 61.8 Å². The summed E-state index contributed by atoms with van der Waals surface area (Å²) in [6.45, 7) is 1.09. The van der Waals surface area contributed by atoms with Crippen molar-refractivity contribution in [1.29, 1.82) is 0 Å². The highest BCUT2D eigenvalue weighted by atomic mass is 79.9. The van der Waals surface area contributed by atoms with Crippen LogP contribution in [0, 0.1) is 17.0 Å². The highest BCUT2D eigenvalue weighted by Gasteiger charge is 2.20. The number of fused-ring (bicyclic) bond motifs is 1. The number of hydrogen-bond acceptors (Lipinski definition) is 6. The topological polar surface area (TPSA) is 112 Å². The molecular formula is C18H12BrClN2O6. The van der Waals surface area contributed by atoms with Gasteiger partial charge in [-0.05, 0) is 31.2 Å². The molecule has 1 amide bonds. The van der Waals surface area contributed by atoms with Gasteiger partial charge in [-0.2, -0.15) is 0 Å². The molecule has 0 radical (unpaired) electrons.